The predicted molar refractivity (Wildman–Crippen MR) is 142 cm³/mol. The van der Waals surface area contributed by atoms with E-state index in [4.69, 9.17) is 10.7 Å². The summed E-state index contributed by atoms with van der Waals surface area (Å²) in [5.41, 5.74) is 10.6. The topological polar surface area (TPSA) is 79.1 Å². The molecule has 2 fully saturated rings. The van der Waals surface area contributed by atoms with Gasteiger partial charge in [0.1, 0.15) is 11.6 Å². The molecule has 35 heavy (non-hydrogen) atoms. The Morgan fingerprint density at radius 3 is 2.74 bits per heavy atom. The van der Waals surface area contributed by atoms with Crippen LogP contribution in [0, 0.1) is 17.7 Å². The molecular formula is C28H35FN6. The first-order valence-electron chi connectivity index (χ1n) is 12.5. The summed E-state index contributed by atoms with van der Waals surface area (Å²) in [5.74, 6) is 1.83. The first-order chi connectivity index (χ1) is 16.7. The fraction of sp³-hybridized carbons (Fsp3) is 0.429. The van der Waals surface area contributed by atoms with Crippen LogP contribution in [0.4, 0.5) is 15.9 Å². The minimum absolute atomic E-state index is 0.158. The maximum atomic E-state index is 14.8. The van der Waals surface area contributed by atoms with Crippen LogP contribution in [0.1, 0.15) is 32.8 Å². The lowest BCUT2D eigenvalue weighted by Gasteiger charge is -2.23. The average Bonchev–Trinajstić information content (AvgIpc) is 3.27. The van der Waals surface area contributed by atoms with Crippen LogP contribution < -0.4 is 21.3 Å². The van der Waals surface area contributed by atoms with Crippen LogP contribution >= 0.6 is 0 Å². The van der Waals surface area contributed by atoms with Crippen molar-refractivity contribution in [3.8, 4) is 11.3 Å². The van der Waals surface area contributed by atoms with Crippen LogP contribution in [0.2, 0.25) is 0 Å². The molecule has 1 aromatic carbocycles. The Morgan fingerprint density at radius 1 is 1.26 bits per heavy atom. The molecular weight excluding hydrogens is 439 g/mol. The minimum atomic E-state index is -0.552. The summed E-state index contributed by atoms with van der Waals surface area (Å²) >= 11 is 0. The fourth-order valence-corrected chi connectivity index (χ4v) is 5.16. The molecule has 184 valence electrons. The highest BCUT2D eigenvalue weighted by Gasteiger charge is 2.35. The molecule has 2 aliphatic heterocycles. The molecule has 0 amide bonds. The Morgan fingerprint density at radius 2 is 2.06 bits per heavy atom. The molecule has 7 heteroatoms. The smallest absolute Gasteiger partial charge is 0.130 e. The van der Waals surface area contributed by atoms with Crippen molar-refractivity contribution >= 4 is 22.4 Å². The highest BCUT2D eigenvalue weighted by atomic mass is 19.1. The zero-order chi connectivity index (χ0) is 24.7. The van der Waals surface area contributed by atoms with Crippen molar-refractivity contribution in [2.45, 2.75) is 39.2 Å². The Kier molecular flexibility index (Phi) is 6.23. The van der Waals surface area contributed by atoms with E-state index in [1.54, 1.807) is 6.07 Å². The molecule has 2 saturated heterocycles. The summed E-state index contributed by atoms with van der Waals surface area (Å²) in [5, 5.41) is 7.59. The van der Waals surface area contributed by atoms with E-state index in [9.17, 15) is 4.39 Å². The lowest BCUT2D eigenvalue weighted by molar-refractivity contribution is 0.318. The first kappa shape index (κ1) is 23.7. The monoisotopic (exact) mass is 474 g/mol. The van der Waals surface area contributed by atoms with E-state index < -0.39 is 5.54 Å². The summed E-state index contributed by atoms with van der Waals surface area (Å²) in [4.78, 5) is 11.9. The van der Waals surface area contributed by atoms with Crippen LogP contribution in [-0.4, -0.2) is 41.7 Å². The van der Waals surface area contributed by atoms with Crippen LogP contribution in [0.25, 0.3) is 22.2 Å². The number of nitrogens with one attached hydrogen (secondary N) is 2. The van der Waals surface area contributed by atoms with E-state index in [0.717, 1.165) is 54.0 Å². The zero-order valence-corrected chi connectivity index (χ0v) is 20.9. The molecule has 0 saturated carbocycles. The third-order valence-corrected chi connectivity index (χ3v) is 7.47. The Bertz CT molecular complexity index is 1230. The van der Waals surface area contributed by atoms with Gasteiger partial charge in [-0.3, -0.25) is 0 Å². The van der Waals surface area contributed by atoms with Crippen molar-refractivity contribution in [1.29, 1.82) is 0 Å². The van der Waals surface area contributed by atoms with Gasteiger partial charge in [-0.05, 0) is 87.5 Å². The predicted octanol–water partition coefficient (Wildman–Crippen LogP) is 4.71. The number of hydrogen-bond acceptors (Lipinski definition) is 6. The van der Waals surface area contributed by atoms with Gasteiger partial charge in [-0.2, -0.15) is 0 Å². The molecule has 2 atom stereocenters. The summed E-state index contributed by atoms with van der Waals surface area (Å²) in [6.07, 6.45) is 3.63. The molecule has 0 spiro atoms. The van der Waals surface area contributed by atoms with Crippen molar-refractivity contribution in [2.24, 2.45) is 17.6 Å². The fourth-order valence-electron chi connectivity index (χ4n) is 5.16. The Hall–Kier alpha value is -3.03. The van der Waals surface area contributed by atoms with E-state index in [2.05, 4.69) is 33.2 Å². The molecule has 2 unspecified atom stereocenters. The van der Waals surface area contributed by atoms with Gasteiger partial charge in [-0.1, -0.05) is 13.5 Å². The third-order valence-electron chi connectivity index (χ3n) is 7.47. The number of nitrogens with two attached hydrogens (primary N) is 1. The number of benzene rings is 1. The van der Waals surface area contributed by atoms with Crippen molar-refractivity contribution in [3.05, 3.63) is 60.2 Å². The number of hydrogen-bond donors (Lipinski definition) is 3. The first-order valence-corrected chi connectivity index (χ1v) is 12.5. The van der Waals surface area contributed by atoms with E-state index in [1.165, 1.54) is 6.42 Å². The highest BCUT2D eigenvalue weighted by molar-refractivity contribution is 5.95. The van der Waals surface area contributed by atoms with Crippen LogP contribution in [0.15, 0.2) is 48.8 Å². The second-order valence-electron chi connectivity index (χ2n) is 10.5. The molecule has 2 aromatic heterocycles. The van der Waals surface area contributed by atoms with Gasteiger partial charge in [0.25, 0.3) is 0 Å². The van der Waals surface area contributed by atoms with Gasteiger partial charge >= 0.3 is 0 Å². The van der Waals surface area contributed by atoms with E-state index >= 15 is 0 Å². The highest BCUT2D eigenvalue weighted by Crippen LogP contribution is 2.38. The molecule has 4 N–H and O–H groups in total. The average molecular weight is 475 g/mol. The van der Waals surface area contributed by atoms with Crippen molar-refractivity contribution in [2.75, 3.05) is 36.4 Å². The van der Waals surface area contributed by atoms with Crippen molar-refractivity contribution in [3.63, 3.8) is 0 Å². The Labute approximate surface area is 206 Å². The zero-order valence-electron chi connectivity index (χ0n) is 20.9. The maximum Gasteiger partial charge on any atom is 0.130 e. The molecule has 4 heterocycles. The van der Waals surface area contributed by atoms with Crippen LogP contribution in [-0.2, 0) is 6.42 Å². The number of pyridine rings is 2. The second-order valence-corrected chi connectivity index (χ2v) is 10.5. The van der Waals surface area contributed by atoms with Gasteiger partial charge in [0, 0.05) is 47.2 Å². The standard InChI is InChI=1S/C28H35FN6/c1-5-18-10-25-22(11-23(18)29)26(35-15-20-8-9-31-13-21(20)16-35)12-24(34-25)19-6-7-27(32-14-19)33-17(2)28(3,4)30/h6-7,10-12,14,20-21,31H,2,5,8-9,13,15-16,30H2,1,3-4H3,(H,32,33). The number of aryl methyl sites for hydroxylation is 1. The number of piperidine rings is 1. The number of fused-ring (bicyclic) bond motifs is 2. The number of anilines is 2. The van der Waals surface area contributed by atoms with Gasteiger partial charge in [-0.25, -0.2) is 14.4 Å². The summed E-state index contributed by atoms with van der Waals surface area (Å²) in [7, 11) is 0. The third kappa shape index (κ3) is 4.75. The minimum Gasteiger partial charge on any atom is -0.370 e. The Balaban J connectivity index is 1.53. The summed E-state index contributed by atoms with van der Waals surface area (Å²) in [6.45, 7) is 13.9. The van der Waals surface area contributed by atoms with Gasteiger partial charge in [-0.15, -0.1) is 0 Å². The van der Waals surface area contributed by atoms with Gasteiger partial charge in [0.05, 0.1) is 11.2 Å². The number of nitrogens with zero attached hydrogens (tertiary/aromatic N) is 3. The normalized spacial score (nSPS) is 20.2. The second kappa shape index (κ2) is 9.21. The number of aromatic nitrogens is 2. The largest absolute Gasteiger partial charge is 0.370 e. The van der Waals surface area contributed by atoms with Crippen LogP contribution in [0.3, 0.4) is 0 Å². The lowest BCUT2D eigenvalue weighted by Crippen LogP contribution is -2.37. The number of rotatable bonds is 6. The lowest BCUT2D eigenvalue weighted by atomic mass is 9.90. The molecule has 0 aliphatic carbocycles. The quantitative estimate of drug-likeness (QED) is 0.480. The van der Waals surface area contributed by atoms with E-state index in [-0.39, 0.29) is 5.82 Å². The SMILES string of the molecule is C=C(Nc1ccc(-c2cc(N3CC4CCNCC4C3)c3cc(F)c(CC)cc3n2)cn1)C(C)(C)N. The van der Waals surface area contributed by atoms with Crippen LogP contribution in [0.5, 0.6) is 0 Å². The molecule has 0 bridgehead atoms. The molecule has 2 aliphatic rings. The number of halogens is 1. The maximum absolute atomic E-state index is 14.8. The van der Waals surface area contributed by atoms with Gasteiger partial charge in [0.15, 0.2) is 0 Å². The van der Waals surface area contributed by atoms with E-state index in [0.29, 0.717) is 35.3 Å². The van der Waals surface area contributed by atoms with Gasteiger partial charge in [0.2, 0.25) is 0 Å². The molecule has 3 aromatic rings. The van der Waals surface area contributed by atoms with Gasteiger partial charge < -0.3 is 21.3 Å². The molecule has 6 nitrogen and oxygen atoms in total. The van der Waals surface area contributed by atoms with Crippen molar-refractivity contribution < 1.29 is 4.39 Å². The molecule has 5 rings (SSSR count). The van der Waals surface area contributed by atoms with E-state index in [1.807, 2.05) is 45.2 Å². The molecule has 0 radical (unpaired) electrons. The summed E-state index contributed by atoms with van der Waals surface area (Å²) in [6, 6.07) is 9.59. The summed E-state index contributed by atoms with van der Waals surface area (Å²) < 4.78 is 14.8. The van der Waals surface area contributed by atoms with Crippen molar-refractivity contribution in [1.82, 2.24) is 15.3 Å².